The number of ether oxygens (including phenoxy) is 1. The number of phenols is 1. The zero-order valence-corrected chi connectivity index (χ0v) is 22.3. The molecule has 2 aliphatic carbocycles. The molecule has 5 aliphatic rings. The first-order chi connectivity index (χ1) is 18.4. The Labute approximate surface area is 226 Å². The van der Waals surface area contributed by atoms with Gasteiger partial charge in [0.25, 0.3) is 16.0 Å². The molecule has 2 aromatic rings. The minimum atomic E-state index is -3.67. The fraction of sp³-hybridized carbons (Fsp3) is 0.464. The summed E-state index contributed by atoms with van der Waals surface area (Å²) in [6.45, 7) is 5.56. The summed E-state index contributed by atoms with van der Waals surface area (Å²) in [6.07, 6.45) is 4.47. The number of benzene rings is 2. The molecule has 39 heavy (non-hydrogen) atoms. The molecule has 1 saturated heterocycles. The topological polar surface area (TPSA) is 128 Å². The molecule has 1 amide bonds. The highest BCUT2D eigenvalue weighted by molar-refractivity contribution is 7.85. The van der Waals surface area contributed by atoms with Crippen LogP contribution in [-0.2, 0) is 28.5 Å². The zero-order valence-electron chi connectivity index (χ0n) is 21.5. The zero-order chi connectivity index (χ0) is 27.9. The Morgan fingerprint density at radius 1 is 1.26 bits per heavy atom. The molecular formula is C28H31FN2O7S. The largest absolute Gasteiger partial charge is 0.504 e. The summed E-state index contributed by atoms with van der Waals surface area (Å²) in [5.41, 5.74) is 1.04. The van der Waals surface area contributed by atoms with Gasteiger partial charge < -0.3 is 19.8 Å². The van der Waals surface area contributed by atoms with Gasteiger partial charge in [-0.15, -0.1) is 6.58 Å². The number of likely N-dealkylation sites (tertiary alicyclic amines) is 1. The van der Waals surface area contributed by atoms with Crippen LogP contribution >= 0.6 is 0 Å². The fourth-order valence-corrected chi connectivity index (χ4v) is 7.89. The number of rotatable bonds is 3. The Morgan fingerprint density at radius 2 is 2.00 bits per heavy atom. The van der Waals surface area contributed by atoms with Crippen LogP contribution in [0, 0.1) is 5.82 Å². The summed E-state index contributed by atoms with van der Waals surface area (Å²) in [4.78, 5) is 17.4. The molecule has 9 nitrogen and oxygen atoms in total. The standard InChI is InChI=1S/C27H27FN2O4.CH4O3S/c1-2-11-29-12-10-26-22-15-6-7-20(31)23(22)34-24(26)19(8-9-27(26,33)21(29)13-15)30-14-17-16(25(30)32)4-3-5-18(17)28;1-5(2,3)4/h2-7,19,21,24,31,33H,1,8-14H2;1H3,(H,2,3,4)/t19-,21-,24+,26+,27-;/m1./s1. The second kappa shape index (κ2) is 8.76. The van der Waals surface area contributed by atoms with Gasteiger partial charge in [0.1, 0.15) is 11.9 Å². The lowest BCUT2D eigenvalue weighted by molar-refractivity contribution is -0.196. The molecule has 0 unspecified atom stereocenters. The van der Waals surface area contributed by atoms with Gasteiger partial charge in [-0.05, 0) is 56.0 Å². The van der Waals surface area contributed by atoms with E-state index in [-0.39, 0.29) is 36.1 Å². The summed E-state index contributed by atoms with van der Waals surface area (Å²) >= 11 is 0. The van der Waals surface area contributed by atoms with E-state index in [4.69, 9.17) is 9.29 Å². The van der Waals surface area contributed by atoms with Crippen molar-refractivity contribution in [3.8, 4) is 11.5 Å². The average molecular weight is 559 g/mol. The number of aromatic hydroxyl groups is 1. The molecule has 0 radical (unpaired) electrons. The number of fused-ring (bicyclic) bond motifs is 1. The Bertz CT molecular complexity index is 1490. The highest BCUT2D eigenvalue weighted by atomic mass is 32.2. The van der Waals surface area contributed by atoms with E-state index in [1.807, 2.05) is 12.1 Å². The minimum absolute atomic E-state index is 0.0673. The molecule has 2 aromatic carbocycles. The smallest absolute Gasteiger partial charge is 0.261 e. The molecule has 5 atom stereocenters. The second-order valence-corrected chi connectivity index (χ2v) is 12.6. The fourth-order valence-electron chi connectivity index (χ4n) is 7.89. The van der Waals surface area contributed by atoms with Crippen molar-refractivity contribution in [1.82, 2.24) is 9.80 Å². The Balaban J connectivity index is 0.000000510. The minimum Gasteiger partial charge on any atom is -0.504 e. The highest BCUT2D eigenvalue weighted by Crippen LogP contribution is 2.66. The van der Waals surface area contributed by atoms with Gasteiger partial charge in [0.05, 0.1) is 29.9 Å². The van der Waals surface area contributed by atoms with Crippen molar-refractivity contribution >= 4 is 16.0 Å². The second-order valence-electron chi connectivity index (χ2n) is 11.2. The monoisotopic (exact) mass is 558 g/mol. The van der Waals surface area contributed by atoms with Gasteiger partial charge in [0, 0.05) is 29.3 Å². The van der Waals surface area contributed by atoms with Crippen molar-refractivity contribution in [1.29, 1.82) is 0 Å². The molecule has 2 bridgehead atoms. The van der Waals surface area contributed by atoms with E-state index in [0.717, 1.165) is 17.7 Å². The molecule has 3 N–H and O–H groups in total. The molecule has 2 fully saturated rings. The number of halogens is 1. The van der Waals surface area contributed by atoms with Gasteiger partial charge in [0.15, 0.2) is 11.5 Å². The number of piperidine rings is 1. The molecule has 1 spiro atoms. The number of carbonyl (C=O) groups excluding carboxylic acids is 1. The Morgan fingerprint density at radius 3 is 2.69 bits per heavy atom. The molecular weight excluding hydrogens is 527 g/mol. The maximum absolute atomic E-state index is 14.5. The predicted molar refractivity (Wildman–Crippen MR) is 140 cm³/mol. The summed E-state index contributed by atoms with van der Waals surface area (Å²) < 4.78 is 47.0. The summed E-state index contributed by atoms with van der Waals surface area (Å²) in [6, 6.07) is 7.82. The first-order valence-corrected chi connectivity index (χ1v) is 14.9. The number of phenolic OH excluding ortho intramolecular Hbond substituents is 1. The van der Waals surface area contributed by atoms with E-state index in [1.165, 1.54) is 6.07 Å². The first kappa shape index (κ1) is 26.2. The van der Waals surface area contributed by atoms with Crippen LogP contribution in [0.15, 0.2) is 43.0 Å². The number of hydrogen-bond acceptors (Lipinski definition) is 7. The lowest BCUT2D eigenvalue weighted by Gasteiger charge is -2.64. The number of carbonyl (C=O) groups is 1. The molecule has 0 aromatic heterocycles. The molecule has 1 saturated carbocycles. The lowest BCUT2D eigenvalue weighted by atomic mass is 9.48. The number of amides is 1. The quantitative estimate of drug-likeness (QED) is 0.387. The van der Waals surface area contributed by atoms with E-state index in [9.17, 15) is 27.8 Å². The van der Waals surface area contributed by atoms with Crippen molar-refractivity contribution in [2.75, 3.05) is 19.3 Å². The third kappa shape index (κ3) is 3.67. The van der Waals surface area contributed by atoms with E-state index in [1.54, 1.807) is 23.1 Å². The van der Waals surface area contributed by atoms with Crippen molar-refractivity contribution in [3.63, 3.8) is 0 Å². The molecule has 208 valence electrons. The summed E-state index contributed by atoms with van der Waals surface area (Å²) in [5.74, 6) is -0.0527. The molecule has 7 rings (SSSR count). The van der Waals surface area contributed by atoms with Crippen LogP contribution < -0.4 is 4.74 Å². The molecule has 11 heteroatoms. The Kier molecular flexibility index (Phi) is 5.89. The van der Waals surface area contributed by atoms with Crippen LogP contribution in [0.1, 0.15) is 46.3 Å². The van der Waals surface area contributed by atoms with E-state index in [0.29, 0.717) is 55.4 Å². The van der Waals surface area contributed by atoms with Gasteiger partial charge in [-0.3, -0.25) is 14.2 Å². The third-order valence-electron chi connectivity index (χ3n) is 9.24. The summed E-state index contributed by atoms with van der Waals surface area (Å²) in [7, 11) is -3.67. The van der Waals surface area contributed by atoms with Gasteiger partial charge in [-0.1, -0.05) is 18.2 Å². The van der Waals surface area contributed by atoms with E-state index in [2.05, 4.69) is 11.5 Å². The number of aliphatic hydroxyl groups is 1. The van der Waals surface area contributed by atoms with Gasteiger partial charge in [-0.25, -0.2) is 4.39 Å². The van der Waals surface area contributed by atoms with Gasteiger partial charge in [0.2, 0.25) is 0 Å². The van der Waals surface area contributed by atoms with Crippen LogP contribution in [0.4, 0.5) is 4.39 Å². The SMILES string of the molecule is C=CCN1CC[C@]23c4c5ccc(O)c4O[C@H]2[C@H](N2Cc4c(F)cccc4C2=O)CC[C@@]3(O)[C@H]1C5.CS(=O)(=O)O. The van der Waals surface area contributed by atoms with Crippen molar-refractivity contribution in [2.24, 2.45) is 0 Å². The Hall–Kier alpha value is -2.99. The van der Waals surface area contributed by atoms with Crippen molar-refractivity contribution in [2.45, 2.75) is 61.4 Å². The van der Waals surface area contributed by atoms with E-state index < -0.39 is 27.2 Å². The van der Waals surface area contributed by atoms with Gasteiger partial charge in [-0.2, -0.15) is 8.42 Å². The van der Waals surface area contributed by atoms with Crippen LogP contribution in [0.25, 0.3) is 0 Å². The molecule has 3 heterocycles. The predicted octanol–water partition coefficient (Wildman–Crippen LogP) is 2.40. The van der Waals surface area contributed by atoms with Crippen LogP contribution in [0.5, 0.6) is 11.5 Å². The maximum atomic E-state index is 14.5. The number of hydrogen-bond donors (Lipinski definition) is 3. The van der Waals surface area contributed by atoms with E-state index >= 15 is 0 Å². The van der Waals surface area contributed by atoms with Gasteiger partial charge >= 0.3 is 0 Å². The summed E-state index contributed by atoms with van der Waals surface area (Å²) in [5, 5.41) is 23.2. The number of nitrogens with zero attached hydrogens (tertiary/aromatic N) is 2. The van der Waals surface area contributed by atoms with Crippen molar-refractivity contribution in [3.05, 3.63) is 71.1 Å². The van der Waals surface area contributed by atoms with Crippen LogP contribution in [0.2, 0.25) is 0 Å². The normalized spacial score (nSPS) is 32.1. The van der Waals surface area contributed by atoms with Crippen LogP contribution in [0.3, 0.4) is 0 Å². The lowest BCUT2D eigenvalue weighted by Crippen LogP contribution is -2.78. The maximum Gasteiger partial charge on any atom is 0.261 e. The highest BCUT2D eigenvalue weighted by Gasteiger charge is 2.73. The third-order valence-corrected chi connectivity index (χ3v) is 9.24. The molecule has 3 aliphatic heterocycles. The van der Waals surface area contributed by atoms with Crippen LogP contribution in [-0.4, -0.2) is 82.0 Å². The van der Waals surface area contributed by atoms with Crippen molar-refractivity contribution < 1.29 is 37.1 Å². The average Bonchev–Trinajstić information content (AvgIpc) is 3.38. The first-order valence-electron chi connectivity index (χ1n) is 13.0.